The molecule has 1 unspecified atom stereocenters. The number of hydrogen-bond donors (Lipinski definition) is 1. The largest absolute Gasteiger partial charge is 0.392 e. The fourth-order valence-electron chi connectivity index (χ4n) is 1.57. The fraction of sp³-hybridized carbons (Fsp3) is 0.455. The molecule has 1 N–H and O–H groups in total. The van der Waals surface area contributed by atoms with Gasteiger partial charge in [-0.15, -0.1) is 0 Å². The van der Waals surface area contributed by atoms with Crippen molar-refractivity contribution in [2.24, 2.45) is 5.92 Å². The lowest BCUT2D eigenvalue weighted by molar-refractivity contribution is 0.150. The van der Waals surface area contributed by atoms with Crippen molar-refractivity contribution in [3.05, 3.63) is 34.1 Å². The Morgan fingerprint density at radius 2 is 2.21 bits per heavy atom. The number of benzene rings is 1. The highest BCUT2D eigenvalue weighted by Gasteiger charge is 2.30. The summed E-state index contributed by atoms with van der Waals surface area (Å²) in [6.45, 7) is 0. The van der Waals surface area contributed by atoms with E-state index < -0.39 is 0 Å². The van der Waals surface area contributed by atoms with Gasteiger partial charge < -0.3 is 5.11 Å². The van der Waals surface area contributed by atoms with Crippen LogP contribution in [0.1, 0.15) is 18.4 Å². The molecular formula is C11H12BrFO. The van der Waals surface area contributed by atoms with Crippen LogP contribution in [-0.2, 0) is 6.42 Å². The van der Waals surface area contributed by atoms with E-state index in [1.165, 1.54) is 6.07 Å². The molecule has 1 nitrogen and oxygen atoms in total. The van der Waals surface area contributed by atoms with Gasteiger partial charge in [-0.3, -0.25) is 0 Å². The number of hydrogen-bond acceptors (Lipinski definition) is 1. The summed E-state index contributed by atoms with van der Waals surface area (Å²) < 4.78 is 14.1. The number of aliphatic hydroxyl groups excluding tert-OH is 1. The average molecular weight is 259 g/mol. The normalized spacial score (nSPS) is 18.2. The van der Waals surface area contributed by atoms with E-state index in [0.29, 0.717) is 17.9 Å². The van der Waals surface area contributed by atoms with E-state index in [0.717, 1.165) is 17.3 Å². The molecule has 0 radical (unpaired) electrons. The first-order valence-electron chi connectivity index (χ1n) is 4.79. The maximum Gasteiger partial charge on any atom is 0.126 e. The molecule has 0 aromatic heterocycles. The van der Waals surface area contributed by atoms with Gasteiger partial charge in [0, 0.05) is 10.9 Å². The quantitative estimate of drug-likeness (QED) is 0.884. The van der Waals surface area contributed by atoms with E-state index in [9.17, 15) is 9.50 Å². The molecule has 0 spiro atoms. The van der Waals surface area contributed by atoms with Crippen LogP contribution in [-0.4, -0.2) is 11.2 Å². The first-order valence-corrected chi connectivity index (χ1v) is 5.58. The van der Waals surface area contributed by atoms with Crippen molar-refractivity contribution >= 4 is 15.9 Å². The van der Waals surface area contributed by atoms with Crippen LogP contribution in [0.2, 0.25) is 0 Å². The van der Waals surface area contributed by atoms with Crippen molar-refractivity contribution in [1.29, 1.82) is 0 Å². The Labute approximate surface area is 91.1 Å². The Morgan fingerprint density at radius 3 is 2.86 bits per heavy atom. The third-order valence-electron chi connectivity index (χ3n) is 2.60. The highest BCUT2D eigenvalue weighted by molar-refractivity contribution is 9.10. The number of aliphatic hydroxyl groups is 1. The minimum atomic E-state index is -0.376. The predicted molar refractivity (Wildman–Crippen MR) is 56.5 cm³/mol. The molecule has 2 rings (SSSR count). The summed E-state index contributed by atoms with van der Waals surface area (Å²) in [4.78, 5) is 0. The van der Waals surface area contributed by atoms with Crippen LogP contribution in [0.3, 0.4) is 0 Å². The molecule has 1 aliphatic carbocycles. The molecule has 0 bridgehead atoms. The van der Waals surface area contributed by atoms with E-state index in [-0.39, 0.29) is 11.9 Å². The van der Waals surface area contributed by atoms with Crippen LogP contribution < -0.4 is 0 Å². The highest BCUT2D eigenvalue weighted by Crippen LogP contribution is 2.34. The second-order valence-corrected chi connectivity index (χ2v) is 4.76. The van der Waals surface area contributed by atoms with Crippen molar-refractivity contribution in [1.82, 2.24) is 0 Å². The molecule has 1 aromatic carbocycles. The summed E-state index contributed by atoms with van der Waals surface area (Å²) in [5.74, 6) is 0.168. The van der Waals surface area contributed by atoms with Crippen molar-refractivity contribution in [2.75, 3.05) is 0 Å². The zero-order valence-electron chi connectivity index (χ0n) is 7.71. The summed E-state index contributed by atoms with van der Waals surface area (Å²) in [7, 11) is 0. The second-order valence-electron chi connectivity index (χ2n) is 3.84. The summed E-state index contributed by atoms with van der Waals surface area (Å²) in [6.07, 6.45) is 2.21. The molecule has 1 aliphatic rings. The molecule has 1 saturated carbocycles. The van der Waals surface area contributed by atoms with Gasteiger partial charge in [0.2, 0.25) is 0 Å². The monoisotopic (exact) mass is 258 g/mol. The maximum atomic E-state index is 13.3. The van der Waals surface area contributed by atoms with Gasteiger partial charge in [-0.1, -0.05) is 15.9 Å². The molecule has 0 amide bonds. The highest BCUT2D eigenvalue weighted by atomic mass is 79.9. The van der Waals surface area contributed by atoms with E-state index in [2.05, 4.69) is 15.9 Å². The zero-order valence-corrected chi connectivity index (χ0v) is 9.30. The van der Waals surface area contributed by atoms with Gasteiger partial charge in [0.05, 0.1) is 6.10 Å². The van der Waals surface area contributed by atoms with Crippen molar-refractivity contribution in [2.45, 2.75) is 25.4 Å². The summed E-state index contributed by atoms with van der Waals surface area (Å²) >= 11 is 3.29. The number of halogens is 2. The van der Waals surface area contributed by atoms with E-state index in [4.69, 9.17) is 0 Å². The van der Waals surface area contributed by atoms with Crippen molar-refractivity contribution in [3.63, 3.8) is 0 Å². The zero-order chi connectivity index (χ0) is 10.1. The predicted octanol–water partition coefficient (Wildman–Crippen LogP) is 2.90. The topological polar surface area (TPSA) is 20.2 Å². The van der Waals surface area contributed by atoms with Gasteiger partial charge in [-0.25, -0.2) is 4.39 Å². The molecule has 1 fully saturated rings. The molecule has 76 valence electrons. The standard InChI is InChI=1S/C11H12BrFO/c12-9-3-4-10(13)8(5-9)6-11(14)7-1-2-7/h3-5,7,11,14H,1-2,6H2. The lowest BCUT2D eigenvalue weighted by atomic mass is 10.0. The molecule has 0 aliphatic heterocycles. The fourth-order valence-corrected chi connectivity index (χ4v) is 1.98. The van der Waals surface area contributed by atoms with Crippen LogP contribution in [0.5, 0.6) is 0 Å². The van der Waals surface area contributed by atoms with Crippen molar-refractivity contribution < 1.29 is 9.50 Å². The van der Waals surface area contributed by atoms with Gasteiger partial charge in [0.25, 0.3) is 0 Å². The summed E-state index contributed by atoms with van der Waals surface area (Å²) in [5.41, 5.74) is 0.596. The lowest BCUT2D eigenvalue weighted by Gasteiger charge is -2.09. The summed E-state index contributed by atoms with van der Waals surface area (Å²) in [6, 6.07) is 4.84. The van der Waals surface area contributed by atoms with E-state index in [1.807, 2.05) is 0 Å². The smallest absolute Gasteiger partial charge is 0.126 e. The molecule has 1 atom stereocenters. The first-order chi connectivity index (χ1) is 6.66. The summed E-state index contributed by atoms with van der Waals surface area (Å²) in [5, 5.41) is 9.68. The Kier molecular flexibility index (Phi) is 2.88. The Bertz CT molecular complexity index is 336. The minimum absolute atomic E-state index is 0.229. The van der Waals surface area contributed by atoms with Crippen LogP contribution in [0.4, 0.5) is 4.39 Å². The number of rotatable bonds is 3. The lowest BCUT2D eigenvalue weighted by Crippen LogP contribution is -2.13. The Hall–Kier alpha value is -0.410. The molecule has 14 heavy (non-hydrogen) atoms. The minimum Gasteiger partial charge on any atom is -0.392 e. The molecule has 3 heteroatoms. The van der Waals surface area contributed by atoms with E-state index >= 15 is 0 Å². The Balaban J connectivity index is 2.10. The van der Waals surface area contributed by atoms with Gasteiger partial charge in [0.1, 0.15) is 5.82 Å². The van der Waals surface area contributed by atoms with Gasteiger partial charge in [-0.05, 0) is 42.5 Å². The second kappa shape index (κ2) is 3.99. The average Bonchev–Trinajstić information content (AvgIpc) is 2.94. The first kappa shape index (κ1) is 10.1. The van der Waals surface area contributed by atoms with Gasteiger partial charge in [0.15, 0.2) is 0 Å². The van der Waals surface area contributed by atoms with Crippen molar-refractivity contribution in [3.8, 4) is 0 Å². The third kappa shape index (κ3) is 2.34. The molecule has 0 heterocycles. The maximum absolute atomic E-state index is 13.3. The SMILES string of the molecule is OC(Cc1cc(Br)ccc1F)C1CC1. The van der Waals surface area contributed by atoms with Gasteiger partial charge >= 0.3 is 0 Å². The molecule has 1 aromatic rings. The van der Waals surface area contributed by atoms with Gasteiger partial charge in [-0.2, -0.15) is 0 Å². The Morgan fingerprint density at radius 1 is 1.50 bits per heavy atom. The molecular weight excluding hydrogens is 247 g/mol. The van der Waals surface area contributed by atoms with E-state index in [1.54, 1.807) is 12.1 Å². The molecule has 0 saturated heterocycles. The van der Waals surface area contributed by atoms with Crippen LogP contribution in [0.15, 0.2) is 22.7 Å². The van der Waals surface area contributed by atoms with Crippen LogP contribution >= 0.6 is 15.9 Å². The third-order valence-corrected chi connectivity index (χ3v) is 3.10. The van der Waals surface area contributed by atoms with Crippen LogP contribution in [0, 0.1) is 11.7 Å². The van der Waals surface area contributed by atoms with Crippen LogP contribution in [0.25, 0.3) is 0 Å².